The molecule has 0 amide bonds. The molecule has 0 aliphatic heterocycles. The van der Waals surface area contributed by atoms with E-state index in [4.69, 9.17) is 15.2 Å². The molecule has 0 spiro atoms. The molecule has 1 heterocycles. The maximum atomic E-state index is 5.82. The molecule has 0 bridgehead atoms. The summed E-state index contributed by atoms with van der Waals surface area (Å²) in [5.41, 5.74) is 7.87. The van der Waals surface area contributed by atoms with Crippen LogP contribution in [0, 0.1) is 6.92 Å². The van der Waals surface area contributed by atoms with Crippen molar-refractivity contribution in [3.63, 3.8) is 0 Å². The minimum absolute atomic E-state index is 0.488. The first-order valence-corrected chi connectivity index (χ1v) is 7.29. The first-order valence-electron chi connectivity index (χ1n) is 7.29. The number of anilines is 1. The molecule has 0 fully saturated rings. The van der Waals surface area contributed by atoms with Gasteiger partial charge in [0.25, 0.3) is 0 Å². The van der Waals surface area contributed by atoms with Gasteiger partial charge in [-0.25, -0.2) is 4.98 Å². The third-order valence-corrected chi connectivity index (χ3v) is 3.03. The Bertz CT molecular complexity index is 375. The second kappa shape index (κ2) is 9.69. The summed E-state index contributed by atoms with van der Waals surface area (Å²) >= 11 is 0. The van der Waals surface area contributed by atoms with Crippen molar-refractivity contribution in [1.82, 2.24) is 4.98 Å². The van der Waals surface area contributed by atoms with Crippen molar-refractivity contribution in [2.24, 2.45) is 5.73 Å². The molecule has 0 aromatic carbocycles. The molecular weight excluding hydrogens is 254 g/mol. The van der Waals surface area contributed by atoms with Crippen LogP contribution in [0.1, 0.15) is 25.1 Å². The summed E-state index contributed by atoms with van der Waals surface area (Å²) in [6.45, 7) is 10.9. The average molecular weight is 281 g/mol. The first kappa shape index (κ1) is 16.9. The van der Waals surface area contributed by atoms with Crippen LogP contribution in [0.25, 0.3) is 0 Å². The van der Waals surface area contributed by atoms with Gasteiger partial charge in [0.1, 0.15) is 5.82 Å². The summed E-state index contributed by atoms with van der Waals surface area (Å²) in [6, 6.07) is 4.04. The van der Waals surface area contributed by atoms with Gasteiger partial charge in [0.15, 0.2) is 0 Å². The van der Waals surface area contributed by atoms with Gasteiger partial charge in [-0.05, 0) is 26.8 Å². The lowest BCUT2D eigenvalue weighted by atomic mass is 10.2. The van der Waals surface area contributed by atoms with Crippen LogP contribution in [0.2, 0.25) is 0 Å². The Hall–Kier alpha value is -1.17. The number of hydrogen-bond donors (Lipinski definition) is 1. The summed E-state index contributed by atoms with van der Waals surface area (Å²) in [4.78, 5) is 6.83. The third kappa shape index (κ3) is 5.45. The SMILES string of the molecule is CCOCCN(CCOCC)c1nc(C)ccc1CN. The van der Waals surface area contributed by atoms with Gasteiger partial charge < -0.3 is 20.1 Å². The van der Waals surface area contributed by atoms with Gasteiger partial charge in [0, 0.05) is 44.1 Å². The lowest BCUT2D eigenvalue weighted by Gasteiger charge is -2.26. The summed E-state index contributed by atoms with van der Waals surface area (Å²) in [6.07, 6.45) is 0. The zero-order valence-corrected chi connectivity index (χ0v) is 12.9. The maximum absolute atomic E-state index is 5.82. The van der Waals surface area contributed by atoms with Crippen molar-refractivity contribution in [3.8, 4) is 0 Å². The standard InChI is InChI=1S/C15H27N3O2/c1-4-19-10-8-18(9-11-20-5-2)15-14(12-16)7-6-13(3)17-15/h6-7H,4-5,8-12,16H2,1-3H3. The van der Waals surface area contributed by atoms with Gasteiger partial charge in [-0.15, -0.1) is 0 Å². The Labute approximate surface area is 122 Å². The molecular formula is C15H27N3O2. The molecule has 5 nitrogen and oxygen atoms in total. The van der Waals surface area contributed by atoms with E-state index in [9.17, 15) is 0 Å². The Morgan fingerprint density at radius 1 is 1.10 bits per heavy atom. The Morgan fingerprint density at radius 3 is 2.20 bits per heavy atom. The van der Waals surface area contributed by atoms with E-state index in [-0.39, 0.29) is 0 Å². The van der Waals surface area contributed by atoms with Crippen molar-refractivity contribution in [2.45, 2.75) is 27.3 Å². The molecule has 0 aliphatic carbocycles. The van der Waals surface area contributed by atoms with E-state index >= 15 is 0 Å². The van der Waals surface area contributed by atoms with E-state index in [0.29, 0.717) is 19.8 Å². The lowest BCUT2D eigenvalue weighted by Crippen LogP contribution is -2.33. The zero-order valence-electron chi connectivity index (χ0n) is 12.9. The molecule has 0 saturated carbocycles. The van der Waals surface area contributed by atoms with Crippen LogP contribution in [-0.4, -0.2) is 44.5 Å². The Balaban J connectivity index is 2.80. The van der Waals surface area contributed by atoms with Gasteiger partial charge in [-0.2, -0.15) is 0 Å². The van der Waals surface area contributed by atoms with Crippen molar-refractivity contribution < 1.29 is 9.47 Å². The smallest absolute Gasteiger partial charge is 0.133 e. The predicted octanol–water partition coefficient (Wildman–Crippen LogP) is 1.73. The van der Waals surface area contributed by atoms with Crippen molar-refractivity contribution in [2.75, 3.05) is 44.4 Å². The Kier molecular flexibility index (Phi) is 8.18. The topological polar surface area (TPSA) is 60.6 Å². The summed E-state index contributed by atoms with van der Waals surface area (Å²) in [5.74, 6) is 0.951. The molecule has 1 aromatic rings. The minimum atomic E-state index is 0.488. The molecule has 1 aromatic heterocycles. The van der Waals surface area contributed by atoms with E-state index < -0.39 is 0 Å². The first-order chi connectivity index (χ1) is 9.72. The summed E-state index contributed by atoms with van der Waals surface area (Å²) in [7, 11) is 0. The monoisotopic (exact) mass is 281 g/mol. The quantitative estimate of drug-likeness (QED) is 0.662. The molecule has 0 radical (unpaired) electrons. The number of nitrogens with two attached hydrogens (primary N) is 1. The lowest BCUT2D eigenvalue weighted by molar-refractivity contribution is 0.141. The van der Waals surface area contributed by atoms with Crippen LogP contribution >= 0.6 is 0 Å². The normalized spacial score (nSPS) is 10.8. The molecule has 2 N–H and O–H groups in total. The van der Waals surface area contributed by atoms with Crippen molar-refractivity contribution >= 4 is 5.82 Å². The number of hydrogen-bond acceptors (Lipinski definition) is 5. The van der Waals surface area contributed by atoms with Crippen molar-refractivity contribution in [3.05, 3.63) is 23.4 Å². The highest BCUT2D eigenvalue weighted by Crippen LogP contribution is 2.18. The number of aryl methyl sites for hydroxylation is 1. The second-order valence-corrected chi connectivity index (χ2v) is 4.52. The Morgan fingerprint density at radius 2 is 1.70 bits per heavy atom. The highest BCUT2D eigenvalue weighted by atomic mass is 16.5. The van der Waals surface area contributed by atoms with Gasteiger partial charge in [-0.3, -0.25) is 0 Å². The summed E-state index contributed by atoms with van der Waals surface area (Å²) < 4.78 is 10.9. The molecule has 5 heteroatoms. The van der Waals surface area contributed by atoms with E-state index in [1.54, 1.807) is 0 Å². The minimum Gasteiger partial charge on any atom is -0.380 e. The molecule has 0 unspecified atom stereocenters. The molecule has 0 saturated heterocycles. The van der Waals surface area contributed by atoms with Crippen LogP contribution in [-0.2, 0) is 16.0 Å². The van der Waals surface area contributed by atoms with Crippen molar-refractivity contribution in [1.29, 1.82) is 0 Å². The van der Waals surface area contributed by atoms with Gasteiger partial charge in [0.05, 0.1) is 13.2 Å². The molecule has 0 aliphatic rings. The van der Waals surface area contributed by atoms with Gasteiger partial charge in [0.2, 0.25) is 0 Å². The molecule has 0 atom stereocenters. The fourth-order valence-corrected chi connectivity index (χ4v) is 1.97. The van der Waals surface area contributed by atoms with E-state index in [2.05, 4.69) is 9.88 Å². The van der Waals surface area contributed by atoms with Gasteiger partial charge >= 0.3 is 0 Å². The zero-order chi connectivity index (χ0) is 14.8. The molecule has 114 valence electrons. The number of pyridine rings is 1. The summed E-state index contributed by atoms with van der Waals surface area (Å²) in [5, 5.41) is 0. The predicted molar refractivity (Wildman–Crippen MR) is 82.1 cm³/mol. The average Bonchev–Trinajstić information content (AvgIpc) is 2.46. The van der Waals surface area contributed by atoms with E-state index in [1.807, 2.05) is 32.9 Å². The maximum Gasteiger partial charge on any atom is 0.133 e. The van der Waals surface area contributed by atoms with Crippen LogP contribution < -0.4 is 10.6 Å². The number of ether oxygens (including phenoxy) is 2. The van der Waals surface area contributed by atoms with Crippen LogP contribution in [0.3, 0.4) is 0 Å². The largest absolute Gasteiger partial charge is 0.380 e. The fourth-order valence-electron chi connectivity index (χ4n) is 1.97. The molecule has 1 rings (SSSR count). The number of aromatic nitrogens is 1. The van der Waals surface area contributed by atoms with Crippen LogP contribution in [0.5, 0.6) is 0 Å². The highest BCUT2D eigenvalue weighted by Gasteiger charge is 2.12. The number of nitrogens with zero attached hydrogens (tertiary/aromatic N) is 2. The van der Waals surface area contributed by atoms with E-state index in [0.717, 1.165) is 43.4 Å². The van der Waals surface area contributed by atoms with Crippen LogP contribution in [0.15, 0.2) is 12.1 Å². The van der Waals surface area contributed by atoms with E-state index in [1.165, 1.54) is 0 Å². The third-order valence-electron chi connectivity index (χ3n) is 3.03. The van der Waals surface area contributed by atoms with Gasteiger partial charge in [-0.1, -0.05) is 6.07 Å². The number of rotatable bonds is 10. The highest BCUT2D eigenvalue weighted by molar-refractivity contribution is 5.47. The second-order valence-electron chi connectivity index (χ2n) is 4.52. The molecule has 20 heavy (non-hydrogen) atoms. The van der Waals surface area contributed by atoms with Crippen LogP contribution in [0.4, 0.5) is 5.82 Å². The fraction of sp³-hybridized carbons (Fsp3) is 0.667.